The molecule has 0 saturated heterocycles. The van der Waals surface area contributed by atoms with Crippen molar-refractivity contribution in [3.8, 4) is 11.5 Å². The van der Waals surface area contributed by atoms with Crippen molar-refractivity contribution in [2.75, 3.05) is 21.3 Å². The first-order valence-electron chi connectivity index (χ1n) is 9.74. The molecule has 0 aliphatic heterocycles. The first-order valence-corrected chi connectivity index (χ1v) is 9.74. The maximum Gasteiger partial charge on any atom is 0.341 e. The summed E-state index contributed by atoms with van der Waals surface area (Å²) < 4.78 is 22.2. The molecule has 0 saturated carbocycles. The quantitative estimate of drug-likeness (QED) is 0.361. The predicted octanol–water partition coefficient (Wildman–Crippen LogP) is 4.40. The van der Waals surface area contributed by atoms with Gasteiger partial charge in [-0.25, -0.2) is 4.79 Å². The molecular weight excluding hydrogens is 398 g/mol. The van der Waals surface area contributed by atoms with Crippen LogP contribution in [0, 0.1) is 6.92 Å². The van der Waals surface area contributed by atoms with E-state index >= 15 is 0 Å². The summed E-state index contributed by atoms with van der Waals surface area (Å²) in [6.07, 6.45) is -0.463. The van der Waals surface area contributed by atoms with Crippen molar-refractivity contribution < 1.29 is 28.9 Å². The standard InChI is InChI=1S/C24H23NO6/c1-13-18-15(11-17(28-2)19(13)24(26)30-4)10-16-20(21(25-27)22(16)29-3)23(18)31-12-14-8-6-5-7-9-14/h5-11,22,27H,12H2,1-4H3/b25-21+. The van der Waals surface area contributed by atoms with Crippen LogP contribution in [-0.4, -0.2) is 38.2 Å². The number of aryl methyl sites for hydroxylation is 1. The molecule has 4 rings (SSSR count). The molecule has 0 radical (unpaired) electrons. The van der Waals surface area contributed by atoms with E-state index in [4.69, 9.17) is 18.9 Å². The number of oxime groups is 1. The van der Waals surface area contributed by atoms with Gasteiger partial charge in [-0.1, -0.05) is 35.5 Å². The molecule has 0 spiro atoms. The van der Waals surface area contributed by atoms with Crippen LogP contribution in [0.5, 0.6) is 11.5 Å². The Morgan fingerprint density at radius 3 is 2.48 bits per heavy atom. The van der Waals surface area contributed by atoms with E-state index in [1.165, 1.54) is 14.2 Å². The Hall–Kier alpha value is -3.58. The summed E-state index contributed by atoms with van der Waals surface area (Å²) in [5, 5.41) is 14.6. The van der Waals surface area contributed by atoms with Gasteiger partial charge in [0.05, 0.1) is 19.8 Å². The Bertz CT molecular complexity index is 1190. The molecule has 160 valence electrons. The molecule has 3 aromatic carbocycles. The smallest absolute Gasteiger partial charge is 0.341 e. The van der Waals surface area contributed by atoms with Crippen molar-refractivity contribution in [1.29, 1.82) is 0 Å². The van der Waals surface area contributed by atoms with Gasteiger partial charge in [-0.15, -0.1) is 0 Å². The van der Waals surface area contributed by atoms with Gasteiger partial charge < -0.3 is 24.2 Å². The van der Waals surface area contributed by atoms with E-state index in [1.54, 1.807) is 13.2 Å². The third-order valence-electron chi connectivity index (χ3n) is 5.59. The van der Waals surface area contributed by atoms with Gasteiger partial charge in [0, 0.05) is 18.1 Å². The Labute approximate surface area is 179 Å². The molecule has 0 aromatic heterocycles. The van der Waals surface area contributed by atoms with Crippen molar-refractivity contribution in [3.05, 3.63) is 70.3 Å². The van der Waals surface area contributed by atoms with Crippen LogP contribution in [0.4, 0.5) is 0 Å². The Balaban J connectivity index is 1.98. The number of methoxy groups -OCH3 is 3. The number of carbonyl (C=O) groups excluding carboxylic acids is 1. The van der Waals surface area contributed by atoms with Gasteiger partial charge in [0.2, 0.25) is 0 Å². The third kappa shape index (κ3) is 3.27. The Morgan fingerprint density at radius 1 is 1.13 bits per heavy atom. The fourth-order valence-electron chi connectivity index (χ4n) is 4.13. The lowest BCUT2D eigenvalue weighted by molar-refractivity contribution is 0.0596. The lowest BCUT2D eigenvalue weighted by Gasteiger charge is -2.33. The van der Waals surface area contributed by atoms with Crippen LogP contribution in [0.1, 0.15) is 38.7 Å². The van der Waals surface area contributed by atoms with Crippen LogP contribution in [0.15, 0.2) is 47.6 Å². The van der Waals surface area contributed by atoms with Gasteiger partial charge in [0.25, 0.3) is 0 Å². The summed E-state index contributed by atoms with van der Waals surface area (Å²) in [7, 11) is 4.39. The van der Waals surface area contributed by atoms with Crippen LogP contribution in [0.2, 0.25) is 0 Å². The normalized spacial score (nSPS) is 16.0. The van der Waals surface area contributed by atoms with E-state index in [0.717, 1.165) is 21.9 Å². The summed E-state index contributed by atoms with van der Waals surface area (Å²) in [6, 6.07) is 13.5. The van der Waals surface area contributed by atoms with Gasteiger partial charge in [-0.3, -0.25) is 0 Å². The fraction of sp³-hybridized carbons (Fsp3) is 0.250. The van der Waals surface area contributed by atoms with Crippen LogP contribution < -0.4 is 9.47 Å². The minimum Gasteiger partial charge on any atom is -0.496 e. The number of rotatable bonds is 6. The number of esters is 1. The highest BCUT2D eigenvalue weighted by molar-refractivity contribution is 6.19. The van der Waals surface area contributed by atoms with E-state index in [2.05, 4.69) is 5.16 Å². The zero-order valence-electron chi connectivity index (χ0n) is 17.8. The highest BCUT2D eigenvalue weighted by Gasteiger charge is 2.40. The number of fused-ring (bicyclic) bond motifs is 2. The molecule has 31 heavy (non-hydrogen) atoms. The Kier molecular flexibility index (Phi) is 5.52. The zero-order valence-corrected chi connectivity index (χ0v) is 17.8. The van der Waals surface area contributed by atoms with E-state index in [1.807, 2.05) is 43.3 Å². The number of benzene rings is 3. The molecule has 1 atom stereocenters. The minimum atomic E-state index is -0.501. The molecule has 1 unspecified atom stereocenters. The van der Waals surface area contributed by atoms with E-state index in [0.29, 0.717) is 40.5 Å². The van der Waals surface area contributed by atoms with Gasteiger partial charge in [0.15, 0.2) is 0 Å². The first kappa shape index (κ1) is 20.7. The van der Waals surface area contributed by atoms with Crippen molar-refractivity contribution in [1.82, 2.24) is 0 Å². The number of carbonyl (C=O) groups is 1. The summed E-state index contributed by atoms with van der Waals surface area (Å²) >= 11 is 0. The van der Waals surface area contributed by atoms with Crippen LogP contribution in [0.25, 0.3) is 10.8 Å². The van der Waals surface area contributed by atoms with Gasteiger partial charge in [-0.05, 0) is 35.6 Å². The SMILES string of the molecule is COC(=O)c1c(OC)cc2cc3c(c(OCc4ccccc4)c2c1C)/C(=N\O)C3OC. The highest BCUT2D eigenvalue weighted by atomic mass is 16.5. The molecule has 0 amide bonds. The number of hydrogen-bond donors (Lipinski definition) is 1. The fourth-order valence-corrected chi connectivity index (χ4v) is 4.13. The third-order valence-corrected chi connectivity index (χ3v) is 5.59. The molecule has 1 aliphatic carbocycles. The van der Waals surface area contributed by atoms with Gasteiger partial charge in [0.1, 0.15) is 35.5 Å². The predicted molar refractivity (Wildman–Crippen MR) is 115 cm³/mol. The average Bonchev–Trinajstić information content (AvgIpc) is 2.79. The average molecular weight is 421 g/mol. The molecule has 0 bridgehead atoms. The van der Waals surface area contributed by atoms with Crippen LogP contribution in [0.3, 0.4) is 0 Å². The van der Waals surface area contributed by atoms with Crippen LogP contribution >= 0.6 is 0 Å². The number of nitrogens with zero attached hydrogens (tertiary/aromatic N) is 1. The van der Waals surface area contributed by atoms with Crippen molar-refractivity contribution in [2.24, 2.45) is 5.16 Å². The maximum absolute atomic E-state index is 12.5. The molecule has 7 heteroatoms. The van der Waals surface area contributed by atoms with Crippen molar-refractivity contribution >= 4 is 22.5 Å². The lowest BCUT2D eigenvalue weighted by atomic mass is 9.79. The van der Waals surface area contributed by atoms with E-state index in [9.17, 15) is 10.0 Å². The molecule has 0 heterocycles. The summed E-state index contributed by atoms with van der Waals surface area (Å²) in [6.45, 7) is 2.13. The second kappa shape index (κ2) is 8.28. The van der Waals surface area contributed by atoms with Gasteiger partial charge >= 0.3 is 5.97 Å². The van der Waals surface area contributed by atoms with Crippen LogP contribution in [-0.2, 0) is 16.1 Å². The maximum atomic E-state index is 12.5. The lowest BCUT2D eigenvalue weighted by Crippen LogP contribution is -2.30. The summed E-state index contributed by atoms with van der Waals surface area (Å²) in [5.74, 6) is 0.441. The second-order valence-corrected chi connectivity index (χ2v) is 7.21. The molecule has 0 fully saturated rings. The summed E-state index contributed by atoms with van der Waals surface area (Å²) in [4.78, 5) is 12.5. The van der Waals surface area contributed by atoms with E-state index < -0.39 is 12.1 Å². The zero-order chi connectivity index (χ0) is 22.1. The molecule has 3 aromatic rings. The van der Waals surface area contributed by atoms with Crippen molar-refractivity contribution in [3.63, 3.8) is 0 Å². The van der Waals surface area contributed by atoms with E-state index in [-0.39, 0.29) is 0 Å². The van der Waals surface area contributed by atoms with Gasteiger partial charge in [-0.2, -0.15) is 0 Å². The molecule has 1 N–H and O–H groups in total. The number of ether oxygens (including phenoxy) is 4. The monoisotopic (exact) mass is 421 g/mol. The largest absolute Gasteiger partial charge is 0.496 e. The number of hydrogen-bond acceptors (Lipinski definition) is 7. The molecular formula is C24H23NO6. The molecule has 1 aliphatic rings. The second-order valence-electron chi connectivity index (χ2n) is 7.21. The first-order chi connectivity index (χ1) is 15.0. The highest BCUT2D eigenvalue weighted by Crippen LogP contribution is 2.48. The Morgan fingerprint density at radius 2 is 1.87 bits per heavy atom. The molecule has 7 nitrogen and oxygen atoms in total. The van der Waals surface area contributed by atoms with Crippen molar-refractivity contribution in [2.45, 2.75) is 19.6 Å². The topological polar surface area (TPSA) is 86.6 Å². The minimum absolute atomic E-state index is 0.307. The summed E-state index contributed by atoms with van der Waals surface area (Å²) in [5.41, 5.74) is 3.87.